The van der Waals surface area contributed by atoms with E-state index < -0.39 is 34.9 Å². The monoisotopic (exact) mass is 562 g/mol. The minimum Gasteiger partial charge on any atom is -0.383 e. The van der Waals surface area contributed by atoms with Crippen molar-refractivity contribution in [1.29, 1.82) is 0 Å². The number of carbonyl (C=O) groups excluding carboxylic acids is 1. The lowest BCUT2D eigenvalue weighted by Crippen LogP contribution is -2.50. The molecule has 1 saturated heterocycles. The fourth-order valence-corrected chi connectivity index (χ4v) is 6.05. The summed E-state index contributed by atoms with van der Waals surface area (Å²) in [6.07, 6.45) is 1.46. The Morgan fingerprint density at radius 3 is 2.59 bits per heavy atom. The highest BCUT2D eigenvalue weighted by atomic mass is 32.2. The average Bonchev–Trinajstić information content (AvgIpc) is 3.56. The number of anilines is 2. The maximum absolute atomic E-state index is 13.6. The van der Waals surface area contributed by atoms with E-state index in [4.69, 9.17) is 15.5 Å². The molecule has 1 saturated carbocycles. The van der Waals surface area contributed by atoms with Crippen LogP contribution in [-0.4, -0.2) is 89.3 Å². The van der Waals surface area contributed by atoms with E-state index in [1.807, 2.05) is 35.2 Å². The van der Waals surface area contributed by atoms with Crippen LogP contribution in [-0.2, 0) is 21.4 Å². The molecule has 4 atom stereocenters. The fourth-order valence-electron chi connectivity index (χ4n) is 4.76. The van der Waals surface area contributed by atoms with Crippen molar-refractivity contribution in [3.8, 4) is 0 Å². The largest absolute Gasteiger partial charge is 0.383 e. The number of carbonyl (C=O) groups is 1. The fraction of sp³-hybridized carbons (Fsp3) is 0.556. The molecule has 3 N–H and O–H groups in total. The van der Waals surface area contributed by atoms with Crippen molar-refractivity contribution in [2.75, 3.05) is 62.8 Å². The first kappa shape index (κ1) is 29.2. The molecule has 1 aliphatic carbocycles. The van der Waals surface area contributed by atoms with Gasteiger partial charge in [0.25, 0.3) is 5.91 Å². The highest BCUT2D eigenvalue weighted by Gasteiger charge is 2.37. The molecule has 0 radical (unpaired) electrons. The predicted octanol–water partition coefficient (Wildman–Crippen LogP) is 1.82. The molecule has 2 heterocycles. The number of halogens is 1. The van der Waals surface area contributed by atoms with Gasteiger partial charge in [0, 0.05) is 39.4 Å². The van der Waals surface area contributed by atoms with Crippen LogP contribution in [0.4, 0.5) is 16.0 Å². The van der Waals surface area contributed by atoms with Crippen LogP contribution in [0.1, 0.15) is 29.3 Å². The summed E-state index contributed by atoms with van der Waals surface area (Å²) in [4.78, 5) is 20.3. The summed E-state index contributed by atoms with van der Waals surface area (Å²) in [5.41, 5.74) is 7.21. The van der Waals surface area contributed by atoms with E-state index in [9.17, 15) is 17.6 Å². The Morgan fingerprint density at radius 2 is 2.00 bits per heavy atom. The van der Waals surface area contributed by atoms with Crippen LogP contribution in [0, 0.1) is 11.8 Å². The second kappa shape index (κ2) is 12.6. The van der Waals surface area contributed by atoms with Gasteiger partial charge in [0.2, 0.25) is 0 Å². The lowest BCUT2D eigenvalue weighted by Gasteiger charge is -2.27. The van der Waals surface area contributed by atoms with Gasteiger partial charge in [0.15, 0.2) is 0 Å². The molecule has 2 fully saturated rings. The molecule has 10 nitrogen and oxygen atoms in total. The summed E-state index contributed by atoms with van der Waals surface area (Å²) >= 11 is 0. The lowest BCUT2D eigenvalue weighted by molar-refractivity contribution is 0.0928. The molecule has 1 aliphatic heterocycles. The van der Waals surface area contributed by atoms with Crippen molar-refractivity contribution in [3.63, 3.8) is 0 Å². The van der Waals surface area contributed by atoms with Gasteiger partial charge in [-0.3, -0.25) is 4.79 Å². The Kier molecular flexibility index (Phi) is 9.42. The van der Waals surface area contributed by atoms with Gasteiger partial charge < -0.3 is 20.7 Å². The van der Waals surface area contributed by atoms with Crippen LogP contribution in [0.5, 0.6) is 0 Å². The first-order valence-electron chi connectivity index (χ1n) is 13.3. The summed E-state index contributed by atoms with van der Waals surface area (Å²) < 4.78 is 47.4. The first-order valence-corrected chi connectivity index (χ1v) is 14.7. The van der Waals surface area contributed by atoms with Gasteiger partial charge in [-0.15, -0.1) is 0 Å². The van der Waals surface area contributed by atoms with E-state index in [1.54, 1.807) is 13.2 Å². The van der Waals surface area contributed by atoms with Crippen molar-refractivity contribution in [2.24, 2.45) is 17.6 Å². The number of rotatable bonds is 13. The van der Waals surface area contributed by atoms with E-state index in [1.165, 1.54) is 21.7 Å². The molecule has 4 rings (SSSR count). The van der Waals surface area contributed by atoms with Gasteiger partial charge in [-0.2, -0.15) is 12.7 Å². The average molecular weight is 563 g/mol. The van der Waals surface area contributed by atoms with Gasteiger partial charge in [0.05, 0.1) is 25.2 Å². The Hall–Kier alpha value is -2.80. The number of benzene rings is 1. The number of ether oxygens (including phenoxy) is 1. The molecule has 1 aromatic heterocycles. The van der Waals surface area contributed by atoms with Crippen molar-refractivity contribution in [2.45, 2.75) is 31.8 Å². The SMILES string of the molecule is COCCN(CC1CC1C)c1cc(C(=O)N[C@@H](Cc2ccccc2)C(N)CF)cc(N2CCN(C)S2(=O)=O)n1. The molecule has 1 amide bonds. The van der Waals surface area contributed by atoms with Crippen molar-refractivity contribution in [1.82, 2.24) is 14.6 Å². The van der Waals surface area contributed by atoms with E-state index in [0.29, 0.717) is 43.8 Å². The molecule has 2 aromatic rings. The molecule has 3 unspecified atom stereocenters. The zero-order chi connectivity index (χ0) is 28.2. The number of aromatic nitrogens is 1. The normalized spacial score (nSPS) is 21.9. The summed E-state index contributed by atoms with van der Waals surface area (Å²) in [5, 5.41) is 2.90. The van der Waals surface area contributed by atoms with Crippen molar-refractivity contribution < 1.29 is 22.3 Å². The molecule has 0 spiro atoms. The number of amides is 1. The summed E-state index contributed by atoms with van der Waals surface area (Å²) in [7, 11) is -0.630. The number of pyridine rings is 1. The van der Waals surface area contributed by atoms with Crippen LogP contribution >= 0.6 is 0 Å². The van der Waals surface area contributed by atoms with Gasteiger partial charge >= 0.3 is 10.2 Å². The summed E-state index contributed by atoms with van der Waals surface area (Å²) in [5.74, 6) is 1.27. The van der Waals surface area contributed by atoms with E-state index in [2.05, 4.69) is 12.2 Å². The summed E-state index contributed by atoms with van der Waals surface area (Å²) in [6.45, 7) is 3.63. The molecular weight excluding hydrogens is 523 g/mol. The van der Waals surface area contributed by atoms with Crippen molar-refractivity contribution >= 4 is 27.8 Å². The third-order valence-corrected chi connectivity index (χ3v) is 9.43. The number of likely N-dealkylation sites (N-methyl/N-ethyl adjacent to an activating group) is 1. The van der Waals surface area contributed by atoms with Gasteiger partial charge in [-0.1, -0.05) is 37.3 Å². The van der Waals surface area contributed by atoms with Crippen LogP contribution in [0.2, 0.25) is 0 Å². The zero-order valence-corrected chi connectivity index (χ0v) is 23.6. The predicted molar refractivity (Wildman–Crippen MR) is 150 cm³/mol. The zero-order valence-electron chi connectivity index (χ0n) is 22.8. The molecule has 12 heteroatoms. The molecule has 0 bridgehead atoms. The minimum atomic E-state index is -3.76. The minimum absolute atomic E-state index is 0.169. The molecular formula is C27H39FN6O4S. The van der Waals surface area contributed by atoms with Crippen LogP contribution in [0.25, 0.3) is 0 Å². The van der Waals surface area contributed by atoms with Gasteiger partial charge in [0.1, 0.15) is 18.3 Å². The number of alkyl halides is 1. The summed E-state index contributed by atoms with van der Waals surface area (Å²) in [6, 6.07) is 11.0. The van der Waals surface area contributed by atoms with E-state index in [-0.39, 0.29) is 17.9 Å². The third-order valence-electron chi connectivity index (χ3n) is 7.54. The highest BCUT2D eigenvalue weighted by Crippen LogP contribution is 2.39. The molecule has 39 heavy (non-hydrogen) atoms. The van der Waals surface area contributed by atoms with Crippen LogP contribution in [0.3, 0.4) is 0 Å². The Labute approximate surface area is 230 Å². The Bertz CT molecular complexity index is 1230. The van der Waals surface area contributed by atoms with Crippen LogP contribution in [0.15, 0.2) is 42.5 Å². The van der Waals surface area contributed by atoms with E-state index >= 15 is 0 Å². The van der Waals surface area contributed by atoms with Crippen LogP contribution < -0.4 is 20.3 Å². The smallest absolute Gasteiger partial charge is 0.305 e. The van der Waals surface area contributed by atoms with Gasteiger partial charge in [-0.25, -0.2) is 13.7 Å². The topological polar surface area (TPSA) is 121 Å². The number of hydrogen-bond acceptors (Lipinski definition) is 7. The highest BCUT2D eigenvalue weighted by molar-refractivity contribution is 7.90. The molecule has 1 aromatic carbocycles. The second-order valence-corrected chi connectivity index (χ2v) is 12.4. The van der Waals surface area contributed by atoms with E-state index in [0.717, 1.165) is 18.5 Å². The maximum Gasteiger partial charge on any atom is 0.305 e. The first-order chi connectivity index (χ1) is 18.6. The standard InChI is InChI=1S/C27H39FN6O4S/c1-19-13-22(19)18-33(11-12-38-3)25-15-21(16-26(31-25)34-10-9-32(2)39(34,36)37)27(35)30-24(23(29)17-28)14-20-7-5-4-6-8-20/h4-8,15-16,19,22-24H,9-14,17-18,29H2,1-3H3,(H,30,35)/t19?,22?,23?,24-/m0/s1. The number of nitrogens with two attached hydrogens (primary N) is 1. The Balaban J connectivity index is 1.68. The molecule has 214 valence electrons. The quantitative estimate of drug-likeness (QED) is 0.382. The third kappa shape index (κ3) is 7.05. The lowest BCUT2D eigenvalue weighted by atomic mass is 10.00. The number of nitrogens with zero attached hydrogens (tertiary/aromatic N) is 4. The second-order valence-electron chi connectivity index (χ2n) is 10.5. The Morgan fingerprint density at radius 1 is 1.28 bits per heavy atom. The molecule has 2 aliphatic rings. The number of hydrogen-bond donors (Lipinski definition) is 2. The van der Waals surface area contributed by atoms with Crippen molar-refractivity contribution in [3.05, 3.63) is 53.6 Å². The van der Waals surface area contributed by atoms with Gasteiger partial charge in [-0.05, 0) is 42.4 Å². The maximum atomic E-state index is 13.6. The number of methoxy groups -OCH3 is 1. The number of nitrogens with one attached hydrogen (secondary N) is 1.